The van der Waals surface area contributed by atoms with Crippen LogP contribution >= 0.6 is 11.6 Å². The van der Waals surface area contributed by atoms with Gasteiger partial charge in [0.15, 0.2) is 11.7 Å². The Bertz CT molecular complexity index is 1190. The normalized spacial score (nSPS) is 12.7. The second-order valence-corrected chi connectivity index (χ2v) is 6.89. The number of hydrogen-bond donors (Lipinski definition) is 1. The van der Waals surface area contributed by atoms with Crippen LogP contribution in [0.2, 0.25) is 5.02 Å². The zero-order valence-corrected chi connectivity index (χ0v) is 16.0. The predicted octanol–water partition coefficient (Wildman–Crippen LogP) is 5.08. The molecule has 0 radical (unpaired) electrons. The van der Waals surface area contributed by atoms with Gasteiger partial charge in [0.1, 0.15) is 5.82 Å². The summed E-state index contributed by atoms with van der Waals surface area (Å²) in [6, 6.07) is 13.7. The molecule has 4 rings (SSSR count). The topological polar surface area (TPSA) is 59.3 Å². The monoisotopic (exact) mass is 430 g/mol. The number of fused-ring (bicyclic) bond motifs is 1. The molecule has 3 heterocycles. The number of pyridine rings is 2. The fourth-order valence-electron chi connectivity index (χ4n) is 3.08. The van der Waals surface area contributed by atoms with Gasteiger partial charge >= 0.3 is 6.18 Å². The lowest BCUT2D eigenvalue weighted by atomic mass is 10.1. The molecule has 0 fully saturated rings. The van der Waals surface area contributed by atoms with Crippen LogP contribution in [-0.4, -0.2) is 26.5 Å². The lowest BCUT2D eigenvalue weighted by Crippen LogP contribution is -2.38. The maximum atomic E-state index is 13.6. The van der Waals surface area contributed by atoms with Gasteiger partial charge < -0.3 is 5.32 Å². The van der Waals surface area contributed by atoms with Crippen LogP contribution in [0, 0.1) is 0 Å². The summed E-state index contributed by atoms with van der Waals surface area (Å²) in [5.74, 6) is -0.541. The Kier molecular flexibility index (Phi) is 5.17. The summed E-state index contributed by atoms with van der Waals surface area (Å²) in [4.78, 5) is 20.9. The highest BCUT2D eigenvalue weighted by atomic mass is 35.5. The number of rotatable bonds is 4. The third kappa shape index (κ3) is 3.86. The number of imidazole rings is 1. The average molecular weight is 431 g/mol. The average Bonchev–Trinajstić information content (AvgIpc) is 3.12. The summed E-state index contributed by atoms with van der Waals surface area (Å²) in [6.45, 7) is 0. The molecule has 1 N–H and O–H groups in total. The summed E-state index contributed by atoms with van der Waals surface area (Å²) in [5, 5.41) is 2.56. The van der Waals surface area contributed by atoms with Gasteiger partial charge in [-0.3, -0.25) is 14.2 Å². The Morgan fingerprint density at radius 1 is 1.03 bits per heavy atom. The van der Waals surface area contributed by atoms with E-state index in [-0.39, 0.29) is 11.4 Å². The van der Waals surface area contributed by atoms with E-state index >= 15 is 0 Å². The minimum Gasteiger partial charge on any atom is -0.334 e. The van der Waals surface area contributed by atoms with Crippen LogP contribution in [0.15, 0.2) is 73.1 Å². The van der Waals surface area contributed by atoms with E-state index < -0.39 is 18.1 Å². The molecule has 3 aromatic heterocycles. The van der Waals surface area contributed by atoms with Crippen molar-refractivity contribution < 1.29 is 18.0 Å². The second kappa shape index (κ2) is 7.79. The first-order chi connectivity index (χ1) is 14.3. The van der Waals surface area contributed by atoms with Crippen molar-refractivity contribution in [2.45, 2.75) is 12.2 Å². The molecule has 4 aromatic rings. The lowest BCUT2D eigenvalue weighted by molar-refractivity contribution is -0.156. The largest absolute Gasteiger partial charge is 0.414 e. The maximum Gasteiger partial charge on any atom is 0.414 e. The molecule has 0 aliphatic rings. The third-order valence-electron chi connectivity index (χ3n) is 4.45. The quantitative estimate of drug-likeness (QED) is 0.491. The first-order valence-corrected chi connectivity index (χ1v) is 9.24. The number of hydrogen-bond acceptors (Lipinski definition) is 3. The molecule has 30 heavy (non-hydrogen) atoms. The molecule has 1 unspecified atom stereocenters. The maximum absolute atomic E-state index is 13.6. The van der Waals surface area contributed by atoms with Gasteiger partial charge in [-0.25, -0.2) is 4.98 Å². The van der Waals surface area contributed by atoms with E-state index in [1.165, 1.54) is 24.4 Å². The molecule has 0 saturated heterocycles. The third-order valence-corrected chi connectivity index (χ3v) is 4.70. The molecule has 5 nitrogen and oxygen atoms in total. The van der Waals surface area contributed by atoms with Crippen LogP contribution in [-0.2, 0) is 0 Å². The number of alkyl halides is 3. The number of carbonyl (C=O) groups excluding carboxylic acids is 1. The van der Waals surface area contributed by atoms with Gasteiger partial charge in [-0.05, 0) is 48.5 Å². The van der Waals surface area contributed by atoms with Crippen molar-refractivity contribution >= 4 is 23.0 Å². The number of benzene rings is 1. The van der Waals surface area contributed by atoms with Gasteiger partial charge in [-0.1, -0.05) is 23.7 Å². The number of nitrogens with one attached hydrogen (secondary N) is 1. The van der Waals surface area contributed by atoms with E-state index in [1.807, 2.05) is 5.32 Å². The second-order valence-electron chi connectivity index (χ2n) is 6.45. The Hall–Kier alpha value is -3.39. The lowest BCUT2D eigenvalue weighted by Gasteiger charge is -2.20. The van der Waals surface area contributed by atoms with Crippen LogP contribution < -0.4 is 5.32 Å². The standard InChI is InChI=1S/C21H14ClF3N4O/c22-14-9-7-13(8-10-14)19-27-17(16-6-2-4-12-29(16)19)20(30)28-18(21(23,24)25)15-5-1-3-11-26-15/h1-12,18H,(H,28,30). The zero-order chi connectivity index (χ0) is 21.3. The van der Waals surface area contributed by atoms with E-state index in [2.05, 4.69) is 9.97 Å². The Balaban J connectivity index is 1.75. The number of aromatic nitrogens is 3. The SMILES string of the molecule is O=C(NC(c1ccccn1)C(F)(F)F)c1nc(-c2ccc(Cl)cc2)n2ccccc12. The molecular weight excluding hydrogens is 417 g/mol. The van der Waals surface area contributed by atoms with Crippen LogP contribution in [0.1, 0.15) is 22.2 Å². The highest BCUT2D eigenvalue weighted by molar-refractivity contribution is 6.30. The van der Waals surface area contributed by atoms with Crippen molar-refractivity contribution in [1.29, 1.82) is 0 Å². The van der Waals surface area contributed by atoms with Gasteiger partial charge in [-0.2, -0.15) is 13.2 Å². The summed E-state index contributed by atoms with van der Waals surface area (Å²) < 4.78 is 42.5. The number of carbonyl (C=O) groups is 1. The molecule has 0 spiro atoms. The highest BCUT2D eigenvalue weighted by Crippen LogP contribution is 2.32. The Morgan fingerprint density at radius 2 is 1.77 bits per heavy atom. The van der Waals surface area contributed by atoms with Crippen molar-refractivity contribution in [2.24, 2.45) is 0 Å². The van der Waals surface area contributed by atoms with E-state index in [4.69, 9.17) is 11.6 Å². The summed E-state index contributed by atoms with van der Waals surface area (Å²) >= 11 is 5.93. The Labute approximate surface area is 174 Å². The van der Waals surface area contributed by atoms with Crippen molar-refractivity contribution in [2.75, 3.05) is 0 Å². The van der Waals surface area contributed by atoms with E-state index in [1.54, 1.807) is 53.1 Å². The van der Waals surface area contributed by atoms with E-state index in [0.29, 0.717) is 21.9 Å². The summed E-state index contributed by atoms with van der Waals surface area (Å²) in [5.41, 5.74) is 0.615. The van der Waals surface area contributed by atoms with Crippen LogP contribution in [0.4, 0.5) is 13.2 Å². The van der Waals surface area contributed by atoms with Crippen molar-refractivity contribution in [3.8, 4) is 11.4 Å². The van der Waals surface area contributed by atoms with Crippen molar-refractivity contribution in [3.63, 3.8) is 0 Å². The van der Waals surface area contributed by atoms with Gasteiger partial charge in [0.2, 0.25) is 0 Å². The fraction of sp³-hybridized carbons (Fsp3) is 0.0952. The predicted molar refractivity (Wildman–Crippen MR) is 106 cm³/mol. The van der Waals surface area contributed by atoms with Crippen LogP contribution in [0.25, 0.3) is 16.9 Å². The summed E-state index contributed by atoms with van der Waals surface area (Å²) in [7, 11) is 0. The minimum atomic E-state index is -4.72. The van der Waals surface area contributed by atoms with Gasteiger partial charge in [0, 0.05) is 23.0 Å². The molecule has 0 aliphatic heterocycles. The Morgan fingerprint density at radius 3 is 2.43 bits per heavy atom. The van der Waals surface area contributed by atoms with Gasteiger partial charge in [-0.15, -0.1) is 0 Å². The molecular formula is C21H14ClF3N4O. The number of amides is 1. The van der Waals surface area contributed by atoms with Crippen molar-refractivity contribution in [1.82, 2.24) is 19.7 Å². The molecule has 152 valence electrons. The molecule has 1 aromatic carbocycles. The molecule has 1 atom stereocenters. The van der Waals surface area contributed by atoms with Gasteiger partial charge in [0.05, 0.1) is 11.2 Å². The molecule has 0 aliphatic carbocycles. The minimum absolute atomic E-state index is 0.120. The van der Waals surface area contributed by atoms with Crippen LogP contribution in [0.3, 0.4) is 0 Å². The number of halogens is 4. The van der Waals surface area contributed by atoms with Crippen molar-refractivity contribution in [3.05, 3.63) is 89.5 Å². The smallest absolute Gasteiger partial charge is 0.334 e. The van der Waals surface area contributed by atoms with Gasteiger partial charge in [0.25, 0.3) is 5.91 Å². The van der Waals surface area contributed by atoms with E-state index in [9.17, 15) is 18.0 Å². The highest BCUT2D eigenvalue weighted by Gasteiger charge is 2.43. The van der Waals surface area contributed by atoms with E-state index in [0.717, 1.165) is 0 Å². The zero-order valence-electron chi connectivity index (χ0n) is 15.3. The fourth-order valence-corrected chi connectivity index (χ4v) is 3.20. The summed E-state index contributed by atoms with van der Waals surface area (Å²) in [6.07, 6.45) is -1.80. The first-order valence-electron chi connectivity index (χ1n) is 8.86. The first kappa shape index (κ1) is 19.9. The molecule has 1 amide bonds. The molecule has 0 bridgehead atoms. The van der Waals surface area contributed by atoms with Crippen LogP contribution in [0.5, 0.6) is 0 Å². The molecule has 9 heteroatoms. The number of nitrogens with zero attached hydrogens (tertiary/aromatic N) is 3. The molecule has 0 saturated carbocycles.